The third-order valence-electron chi connectivity index (χ3n) is 5.73. The van der Waals surface area contributed by atoms with Gasteiger partial charge in [0.15, 0.2) is 0 Å². The second-order valence-corrected chi connectivity index (χ2v) is 13.1. The lowest BCUT2D eigenvalue weighted by Crippen LogP contribution is -2.67. The van der Waals surface area contributed by atoms with Gasteiger partial charge in [-0.15, -0.1) is 0 Å². The summed E-state index contributed by atoms with van der Waals surface area (Å²) in [6.07, 6.45) is 1.68. The van der Waals surface area contributed by atoms with E-state index in [0.717, 1.165) is 0 Å². The fourth-order valence-electron chi connectivity index (χ4n) is 4.18. The van der Waals surface area contributed by atoms with Crippen LogP contribution in [-0.4, -0.2) is 51.4 Å². The number of carbonyl (C=O) groups is 1. The molecule has 0 saturated carbocycles. The summed E-state index contributed by atoms with van der Waals surface area (Å²) in [6, 6.07) is 20.7. The molecule has 0 aromatic heterocycles. The minimum absolute atomic E-state index is 0.107. The van der Waals surface area contributed by atoms with Crippen molar-refractivity contribution in [1.29, 1.82) is 0 Å². The standard InChI is InChI=1S/C25H32O5Si/c1-25(2,3)31(20-11-7-5-8-12-20,21-13-9-6-10-14-21)29-18-23-22(26)16-15-19(30-23)17-24(27)28-4/h5-16,19,22-23,26H,17-18H2,1-4H3/t19-,22+,23+/m1/s1. The average Bonchev–Trinajstić information content (AvgIpc) is 2.76. The predicted molar refractivity (Wildman–Crippen MR) is 124 cm³/mol. The van der Waals surface area contributed by atoms with Crippen LogP contribution in [-0.2, 0) is 18.7 Å². The molecule has 0 fully saturated rings. The second-order valence-electron chi connectivity index (χ2n) is 8.84. The fraction of sp³-hybridized carbons (Fsp3) is 0.400. The highest BCUT2D eigenvalue weighted by atomic mass is 28.4. The molecule has 31 heavy (non-hydrogen) atoms. The van der Waals surface area contributed by atoms with Crippen molar-refractivity contribution >= 4 is 24.7 Å². The minimum atomic E-state index is -2.73. The Bertz CT molecular complexity index is 836. The van der Waals surface area contributed by atoms with Gasteiger partial charge in [-0.05, 0) is 15.4 Å². The van der Waals surface area contributed by atoms with E-state index >= 15 is 0 Å². The van der Waals surface area contributed by atoms with Crippen LogP contribution < -0.4 is 10.4 Å². The van der Waals surface area contributed by atoms with Crippen LogP contribution in [0, 0.1) is 0 Å². The zero-order valence-corrected chi connectivity index (χ0v) is 19.7. The molecule has 0 saturated heterocycles. The lowest BCUT2D eigenvalue weighted by Gasteiger charge is -2.44. The van der Waals surface area contributed by atoms with Gasteiger partial charge < -0.3 is 19.0 Å². The highest BCUT2D eigenvalue weighted by Gasteiger charge is 2.50. The normalized spacial score (nSPS) is 21.6. The summed E-state index contributed by atoms with van der Waals surface area (Å²) in [5.74, 6) is -0.349. The first-order valence-electron chi connectivity index (χ1n) is 10.6. The first-order valence-corrected chi connectivity index (χ1v) is 12.5. The summed E-state index contributed by atoms with van der Waals surface area (Å²) in [5, 5.41) is 12.7. The average molecular weight is 441 g/mol. The SMILES string of the molecule is COC(=O)C[C@H]1C=C[C@H](O)[C@H](CO[Si](c2ccccc2)(c2ccccc2)C(C)(C)C)O1. The Balaban J connectivity index is 1.93. The highest BCUT2D eigenvalue weighted by molar-refractivity contribution is 6.99. The summed E-state index contributed by atoms with van der Waals surface area (Å²) >= 11 is 0. The van der Waals surface area contributed by atoms with Crippen molar-refractivity contribution in [2.24, 2.45) is 0 Å². The molecule has 0 bridgehead atoms. The number of aliphatic hydroxyl groups is 1. The third kappa shape index (κ3) is 5.15. The topological polar surface area (TPSA) is 65.0 Å². The van der Waals surface area contributed by atoms with Gasteiger partial charge in [0.2, 0.25) is 0 Å². The Morgan fingerprint density at radius 3 is 2.03 bits per heavy atom. The third-order valence-corrected chi connectivity index (χ3v) is 10.7. The Labute approximate surface area is 185 Å². The molecule has 1 aliphatic heterocycles. The van der Waals surface area contributed by atoms with Gasteiger partial charge in [-0.2, -0.15) is 0 Å². The van der Waals surface area contributed by atoms with Crippen LogP contribution in [0.4, 0.5) is 0 Å². The summed E-state index contributed by atoms with van der Waals surface area (Å²) in [4.78, 5) is 11.7. The molecular weight excluding hydrogens is 408 g/mol. The maximum atomic E-state index is 11.7. The summed E-state index contributed by atoms with van der Waals surface area (Å²) in [5.41, 5.74) is 0. The number of carbonyl (C=O) groups excluding carboxylic acids is 1. The van der Waals surface area contributed by atoms with Crippen molar-refractivity contribution in [3.05, 3.63) is 72.8 Å². The second kappa shape index (κ2) is 9.91. The van der Waals surface area contributed by atoms with E-state index in [1.54, 1.807) is 12.2 Å². The number of hydrogen-bond acceptors (Lipinski definition) is 5. The van der Waals surface area contributed by atoms with Crippen LogP contribution in [0.2, 0.25) is 5.04 Å². The molecule has 1 aliphatic rings. The highest BCUT2D eigenvalue weighted by Crippen LogP contribution is 2.37. The van der Waals surface area contributed by atoms with Gasteiger partial charge in [-0.1, -0.05) is 93.6 Å². The van der Waals surface area contributed by atoms with Gasteiger partial charge >= 0.3 is 5.97 Å². The molecule has 0 unspecified atom stereocenters. The van der Waals surface area contributed by atoms with Crippen molar-refractivity contribution < 1.29 is 23.8 Å². The predicted octanol–water partition coefficient (Wildman–Crippen LogP) is 2.81. The zero-order valence-electron chi connectivity index (χ0n) is 18.7. The van der Waals surface area contributed by atoms with Crippen molar-refractivity contribution in [3.8, 4) is 0 Å². The molecule has 0 aliphatic carbocycles. The van der Waals surface area contributed by atoms with E-state index in [4.69, 9.17) is 13.9 Å². The molecule has 6 heteroatoms. The number of benzene rings is 2. The summed E-state index contributed by atoms with van der Waals surface area (Å²) < 4.78 is 17.6. The Morgan fingerprint density at radius 1 is 1.00 bits per heavy atom. The molecule has 2 aromatic carbocycles. The molecule has 2 aromatic rings. The van der Waals surface area contributed by atoms with Gasteiger partial charge in [-0.25, -0.2) is 0 Å². The Kier molecular flexibility index (Phi) is 7.49. The van der Waals surface area contributed by atoms with E-state index in [1.807, 2.05) is 36.4 Å². The quantitative estimate of drug-likeness (QED) is 0.407. The lowest BCUT2D eigenvalue weighted by molar-refractivity contribution is -0.146. The van der Waals surface area contributed by atoms with Crippen LogP contribution in [0.5, 0.6) is 0 Å². The molecule has 1 N–H and O–H groups in total. The zero-order chi connectivity index (χ0) is 22.5. The van der Waals surface area contributed by atoms with Crippen molar-refractivity contribution in [1.82, 2.24) is 0 Å². The number of hydrogen-bond donors (Lipinski definition) is 1. The fourth-order valence-corrected chi connectivity index (χ4v) is 8.75. The maximum absolute atomic E-state index is 11.7. The van der Waals surface area contributed by atoms with E-state index < -0.39 is 26.6 Å². The van der Waals surface area contributed by atoms with E-state index in [-0.39, 0.29) is 24.0 Å². The number of aliphatic hydroxyl groups excluding tert-OH is 1. The largest absolute Gasteiger partial charge is 0.469 e. The van der Waals surface area contributed by atoms with Crippen molar-refractivity contribution in [3.63, 3.8) is 0 Å². The van der Waals surface area contributed by atoms with Gasteiger partial charge in [0.1, 0.15) is 12.2 Å². The molecule has 0 spiro atoms. The van der Waals surface area contributed by atoms with Crippen LogP contribution in [0.3, 0.4) is 0 Å². The molecule has 3 rings (SSSR count). The monoisotopic (exact) mass is 440 g/mol. The molecule has 5 nitrogen and oxygen atoms in total. The summed E-state index contributed by atoms with van der Waals surface area (Å²) in [7, 11) is -1.38. The number of esters is 1. The van der Waals surface area contributed by atoms with Crippen molar-refractivity contribution in [2.75, 3.05) is 13.7 Å². The molecule has 1 heterocycles. The van der Waals surface area contributed by atoms with E-state index in [0.29, 0.717) is 0 Å². The first kappa shape index (κ1) is 23.4. The molecule has 0 amide bonds. The molecule has 166 valence electrons. The Morgan fingerprint density at radius 2 is 1.55 bits per heavy atom. The molecule has 0 radical (unpaired) electrons. The smallest absolute Gasteiger partial charge is 0.308 e. The van der Waals surface area contributed by atoms with Gasteiger partial charge in [-0.3, -0.25) is 4.79 Å². The lowest BCUT2D eigenvalue weighted by atomic mass is 10.1. The minimum Gasteiger partial charge on any atom is -0.469 e. The van der Waals surface area contributed by atoms with Gasteiger partial charge in [0.25, 0.3) is 8.32 Å². The van der Waals surface area contributed by atoms with Crippen molar-refractivity contribution in [2.45, 2.75) is 50.5 Å². The number of ether oxygens (including phenoxy) is 2. The molecule has 3 atom stereocenters. The number of rotatable bonds is 7. The van der Waals surface area contributed by atoms with Crippen LogP contribution in [0.15, 0.2) is 72.8 Å². The van der Waals surface area contributed by atoms with Crippen LogP contribution in [0.1, 0.15) is 27.2 Å². The number of methoxy groups -OCH3 is 1. The van der Waals surface area contributed by atoms with Crippen LogP contribution >= 0.6 is 0 Å². The van der Waals surface area contributed by atoms with Gasteiger partial charge in [0.05, 0.1) is 26.2 Å². The maximum Gasteiger partial charge on any atom is 0.308 e. The van der Waals surface area contributed by atoms with Gasteiger partial charge in [0, 0.05) is 0 Å². The molecular formula is C25H32O5Si. The van der Waals surface area contributed by atoms with E-state index in [1.165, 1.54) is 17.5 Å². The summed E-state index contributed by atoms with van der Waals surface area (Å²) in [6.45, 7) is 6.84. The Hall–Kier alpha value is -2.25. The van der Waals surface area contributed by atoms with E-state index in [9.17, 15) is 9.90 Å². The van der Waals surface area contributed by atoms with E-state index in [2.05, 4.69) is 45.0 Å². The first-order chi connectivity index (χ1) is 14.8. The van der Waals surface area contributed by atoms with Crippen LogP contribution in [0.25, 0.3) is 0 Å².